The molecule has 3 rings (SSSR count). The molecule has 4 nitrogen and oxygen atoms in total. The van der Waals surface area contributed by atoms with E-state index in [2.05, 4.69) is 5.32 Å². The lowest BCUT2D eigenvalue weighted by molar-refractivity contribution is -0.121. The number of halogens is 1. The zero-order valence-electron chi connectivity index (χ0n) is 14.2. The van der Waals surface area contributed by atoms with Gasteiger partial charge in [0.05, 0.1) is 5.92 Å². The second-order valence-electron chi connectivity index (χ2n) is 6.40. The van der Waals surface area contributed by atoms with Gasteiger partial charge in [0.25, 0.3) is 5.91 Å². The molecule has 0 bridgehead atoms. The summed E-state index contributed by atoms with van der Waals surface area (Å²) in [5.41, 5.74) is 2.41. The van der Waals surface area contributed by atoms with Gasteiger partial charge in [-0.25, -0.2) is 0 Å². The van der Waals surface area contributed by atoms with Gasteiger partial charge in [0.2, 0.25) is 5.91 Å². The molecule has 1 aliphatic rings. The average molecular weight is 357 g/mol. The van der Waals surface area contributed by atoms with Crippen molar-refractivity contribution in [1.29, 1.82) is 0 Å². The van der Waals surface area contributed by atoms with Gasteiger partial charge in [-0.15, -0.1) is 0 Å². The maximum absolute atomic E-state index is 12.7. The Kier molecular flexibility index (Phi) is 5.39. The predicted molar refractivity (Wildman–Crippen MR) is 99.9 cm³/mol. The number of piperidine rings is 1. The molecule has 0 spiro atoms. The predicted octanol–water partition coefficient (Wildman–Crippen LogP) is 4.14. The minimum atomic E-state index is -0.198. The van der Waals surface area contributed by atoms with Crippen LogP contribution in [0.4, 0.5) is 5.69 Å². The number of nitrogens with zero attached hydrogens (tertiary/aromatic N) is 1. The van der Waals surface area contributed by atoms with E-state index in [0.29, 0.717) is 23.7 Å². The fourth-order valence-corrected chi connectivity index (χ4v) is 3.32. The van der Waals surface area contributed by atoms with E-state index in [1.807, 2.05) is 31.2 Å². The highest BCUT2D eigenvalue weighted by Gasteiger charge is 2.29. The monoisotopic (exact) mass is 356 g/mol. The quantitative estimate of drug-likeness (QED) is 0.898. The number of nitrogens with one attached hydrogen (secondary N) is 1. The van der Waals surface area contributed by atoms with Crippen molar-refractivity contribution < 1.29 is 9.59 Å². The average Bonchev–Trinajstić information content (AvgIpc) is 2.63. The third-order valence-corrected chi connectivity index (χ3v) is 4.79. The van der Waals surface area contributed by atoms with Gasteiger partial charge in [0.1, 0.15) is 0 Å². The van der Waals surface area contributed by atoms with Crippen molar-refractivity contribution in [2.24, 2.45) is 5.92 Å². The topological polar surface area (TPSA) is 49.4 Å². The molecule has 1 heterocycles. The number of aryl methyl sites for hydroxylation is 1. The van der Waals surface area contributed by atoms with Gasteiger partial charge in [-0.2, -0.15) is 0 Å². The van der Waals surface area contributed by atoms with Gasteiger partial charge in [-0.1, -0.05) is 35.9 Å². The Labute approximate surface area is 152 Å². The van der Waals surface area contributed by atoms with E-state index >= 15 is 0 Å². The van der Waals surface area contributed by atoms with Crippen LogP contribution in [0.3, 0.4) is 0 Å². The largest absolute Gasteiger partial charge is 0.338 e. The summed E-state index contributed by atoms with van der Waals surface area (Å²) in [7, 11) is 0. The number of rotatable bonds is 3. The third kappa shape index (κ3) is 4.20. The third-order valence-electron chi connectivity index (χ3n) is 4.55. The van der Waals surface area contributed by atoms with Crippen LogP contribution in [-0.2, 0) is 4.79 Å². The van der Waals surface area contributed by atoms with Crippen LogP contribution in [0.2, 0.25) is 5.02 Å². The lowest BCUT2D eigenvalue weighted by atomic mass is 9.96. The fourth-order valence-electron chi connectivity index (χ4n) is 3.13. The molecule has 130 valence electrons. The molecule has 2 aromatic carbocycles. The van der Waals surface area contributed by atoms with E-state index < -0.39 is 0 Å². The summed E-state index contributed by atoms with van der Waals surface area (Å²) in [6.45, 7) is 3.06. The lowest BCUT2D eigenvalue weighted by Gasteiger charge is -2.32. The van der Waals surface area contributed by atoms with E-state index in [1.165, 1.54) is 0 Å². The van der Waals surface area contributed by atoms with Crippen LogP contribution in [0.25, 0.3) is 0 Å². The molecular formula is C20H21ClN2O2. The number of carbonyl (C=O) groups is 2. The summed E-state index contributed by atoms with van der Waals surface area (Å²) in [5, 5.41) is 3.53. The second-order valence-corrected chi connectivity index (χ2v) is 6.84. The van der Waals surface area contributed by atoms with Gasteiger partial charge in [0.15, 0.2) is 0 Å². The first kappa shape index (κ1) is 17.5. The summed E-state index contributed by atoms with van der Waals surface area (Å²) < 4.78 is 0. The fraction of sp³-hybridized carbons (Fsp3) is 0.300. The van der Waals surface area contributed by atoms with Gasteiger partial charge >= 0.3 is 0 Å². The molecule has 25 heavy (non-hydrogen) atoms. The van der Waals surface area contributed by atoms with E-state index in [-0.39, 0.29) is 17.7 Å². The van der Waals surface area contributed by atoms with Crippen molar-refractivity contribution in [3.8, 4) is 0 Å². The van der Waals surface area contributed by atoms with Crippen molar-refractivity contribution in [1.82, 2.24) is 4.90 Å². The van der Waals surface area contributed by atoms with E-state index in [4.69, 9.17) is 11.6 Å². The Hall–Kier alpha value is -2.33. The SMILES string of the molecule is Cc1ccccc1NC(=O)[C@H]1CCCN(C(=O)c2cccc(Cl)c2)C1. The summed E-state index contributed by atoms with van der Waals surface area (Å²) in [6.07, 6.45) is 1.61. The lowest BCUT2D eigenvalue weighted by Crippen LogP contribution is -2.43. The number of anilines is 1. The smallest absolute Gasteiger partial charge is 0.253 e. The molecule has 0 unspecified atom stereocenters. The van der Waals surface area contributed by atoms with Crippen molar-refractivity contribution >= 4 is 29.1 Å². The first-order chi connectivity index (χ1) is 12.0. The molecule has 2 amide bonds. The van der Waals surface area contributed by atoms with Crippen molar-refractivity contribution in [2.75, 3.05) is 18.4 Å². The highest BCUT2D eigenvalue weighted by molar-refractivity contribution is 6.30. The summed E-state index contributed by atoms with van der Waals surface area (Å²) in [4.78, 5) is 27.0. The van der Waals surface area contributed by atoms with E-state index in [1.54, 1.807) is 29.2 Å². The second kappa shape index (κ2) is 7.70. The van der Waals surface area contributed by atoms with Crippen LogP contribution in [0.1, 0.15) is 28.8 Å². The maximum Gasteiger partial charge on any atom is 0.253 e. The summed E-state index contributed by atoms with van der Waals surface area (Å²) in [6, 6.07) is 14.6. The molecule has 1 atom stereocenters. The Morgan fingerprint density at radius 2 is 1.96 bits per heavy atom. The Bertz CT molecular complexity index is 791. The number of hydrogen-bond acceptors (Lipinski definition) is 2. The highest BCUT2D eigenvalue weighted by atomic mass is 35.5. The molecule has 1 fully saturated rings. The highest BCUT2D eigenvalue weighted by Crippen LogP contribution is 2.22. The molecule has 5 heteroatoms. The first-order valence-corrected chi connectivity index (χ1v) is 8.84. The number of likely N-dealkylation sites (tertiary alicyclic amines) is 1. The normalized spacial score (nSPS) is 17.2. The van der Waals surface area contributed by atoms with Crippen LogP contribution >= 0.6 is 11.6 Å². The number of hydrogen-bond donors (Lipinski definition) is 1. The zero-order valence-corrected chi connectivity index (χ0v) is 14.9. The van der Waals surface area contributed by atoms with E-state index in [9.17, 15) is 9.59 Å². The summed E-state index contributed by atoms with van der Waals surface area (Å²) in [5.74, 6) is -0.301. The number of carbonyl (C=O) groups excluding carboxylic acids is 2. The zero-order chi connectivity index (χ0) is 17.8. The Morgan fingerprint density at radius 3 is 2.72 bits per heavy atom. The first-order valence-electron chi connectivity index (χ1n) is 8.46. The molecule has 1 N–H and O–H groups in total. The van der Waals surface area contributed by atoms with Crippen molar-refractivity contribution in [2.45, 2.75) is 19.8 Å². The van der Waals surface area contributed by atoms with Crippen LogP contribution in [0, 0.1) is 12.8 Å². The number of benzene rings is 2. The molecule has 0 aliphatic carbocycles. The van der Waals surface area contributed by atoms with Gasteiger partial charge in [0, 0.05) is 29.4 Å². The van der Waals surface area contributed by atoms with Crippen molar-refractivity contribution in [3.05, 3.63) is 64.7 Å². The maximum atomic E-state index is 12.7. The van der Waals surface area contributed by atoms with Gasteiger partial charge in [-0.05, 0) is 49.6 Å². The van der Waals surface area contributed by atoms with Crippen molar-refractivity contribution in [3.63, 3.8) is 0 Å². The van der Waals surface area contributed by atoms with Crippen LogP contribution in [0.15, 0.2) is 48.5 Å². The van der Waals surface area contributed by atoms with Gasteiger partial charge < -0.3 is 10.2 Å². The molecule has 0 aromatic heterocycles. The standard InChI is InChI=1S/C20H21ClN2O2/c1-14-6-2-3-10-18(14)22-19(24)16-8-5-11-23(13-16)20(25)15-7-4-9-17(21)12-15/h2-4,6-7,9-10,12,16H,5,8,11,13H2,1H3,(H,22,24)/t16-/m0/s1. The van der Waals surface area contributed by atoms with Crippen LogP contribution in [0.5, 0.6) is 0 Å². The van der Waals surface area contributed by atoms with Crippen LogP contribution < -0.4 is 5.32 Å². The molecule has 2 aromatic rings. The number of para-hydroxylation sites is 1. The molecule has 0 radical (unpaired) electrons. The van der Waals surface area contributed by atoms with E-state index in [0.717, 1.165) is 24.1 Å². The van der Waals surface area contributed by atoms with Gasteiger partial charge in [-0.3, -0.25) is 9.59 Å². The molecule has 1 saturated heterocycles. The Morgan fingerprint density at radius 1 is 1.16 bits per heavy atom. The summed E-state index contributed by atoms with van der Waals surface area (Å²) >= 11 is 5.98. The molecule has 0 saturated carbocycles. The molecule has 1 aliphatic heterocycles. The minimum Gasteiger partial charge on any atom is -0.338 e. The van der Waals surface area contributed by atoms with Crippen LogP contribution in [-0.4, -0.2) is 29.8 Å². The Balaban J connectivity index is 1.67. The number of amides is 2. The minimum absolute atomic E-state index is 0.0297. The molecular weight excluding hydrogens is 336 g/mol.